The zero-order valence-corrected chi connectivity index (χ0v) is 10.1. The number of nitrogens with one attached hydrogen (secondary N) is 1. The Morgan fingerprint density at radius 3 is 3.06 bits per heavy atom. The molecule has 0 spiro atoms. The van der Waals surface area contributed by atoms with E-state index in [2.05, 4.69) is 10.3 Å². The molecule has 2 atom stereocenters. The summed E-state index contributed by atoms with van der Waals surface area (Å²) in [5.41, 5.74) is 7.81. The summed E-state index contributed by atoms with van der Waals surface area (Å²) < 4.78 is 5.56. The van der Waals surface area contributed by atoms with Gasteiger partial charge >= 0.3 is 0 Å². The predicted octanol–water partition coefficient (Wildman–Crippen LogP) is 1.98. The van der Waals surface area contributed by atoms with Gasteiger partial charge < -0.3 is 20.6 Å². The van der Waals surface area contributed by atoms with Gasteiger partial charge in [-0.2, -0.15) is 4.98 Å². The van der Waals surface area contributed by atoms with Gasteiger partial charge in [-0.25, -0.2) is 0 Å². The van der Waals surface area contributed by atoms with E-state index >= 15 is 0 Å². The first-order chi connectivity index (χ1) is 8.74. The van der Waals surface area contributed by atoms with Crippen molar-refractivity contribution in [2.45, 2.75) is 25.4 Å². The highest BCUT2D eigenvalue weighted by atomic mass is 16.4. The van der Waals surface area contributed by atoms with Crippen LogP contribution in [0.3, 0.4) is 0 Å². The predicted molar refractivity (Wildman–Crippen MR) is 70.3 cm³/mol. The van der Waals surface area contributed by atoms with Gasteiger partial charge in [0, 0.05) is 12.5 Å². The number of nitrogens with two attached hydrogens (primary N) is 1. The van der Waals surface area contributed by atoms with E-state index < -0.39 is 0 Å². The van der Waals surface area contributed by atoms with E-state index in [9.17, 15) is 5.11 Å². The number of aromatic nitrogens is 1. The maximum atomic E-state index is 9.74. The van der Waals surface area contributed by atoms with E-state index in [1.54, 1.807) is 6.07 Å². The maximum absolute atomic E-state index is 9.74. The lowest BCUT2D eigenvalue weighted by molar-refractivity contribution is 0.138. The molecule has 0 amide bonds. The van der Waals surface area contributed by atoms with E-state index in [1.165, 1.54) is 0 Å². The summed E-state index contributed by atoms with van der Waals surface area (Å²) in [6, 6.07) is 5.96. The van der Waals surface area contributed by atoms with E-state index in [0.717, 1.165) is 19.3 Å². The number of nitrogen functional groups attached to an aromatic ring is 1. The summed E-state index contributed by atoms with van der Waals surface area (Å²) in [5, 5.41) is 12.9. The van der Waals surface area contributed by atoms with E-state index in [4.69, 9.17) is 10.2 Å². The number of aliphatic hydroxyl groups excluding tert-OH is 1. The van der Waals surface area contributed by atoms with Crippen molar-refractivity contribution >= 4 is 22.8 Å². The average molecular weight is 247 g/mol. The second kappa shape index (κ2) is 4.49. The largest absolute Gasteiger partial charge is 0.423 e. The molecule has 1 aromatic heterocycles. The summed E-state index contributed by atoms with van der Waals surface area (Å²) in [4.78, 5) is 4.31. The number of anilines is 2. The molecule has 0 aliphatic heterocycles. The summed E-state index contributed by atoms with van der Waals surface area (Å²) in [7, 11) is 0. The summed E-state index contributed by atoms with van der Waals surface area (Å²) in [6.07, 6.45) is 2.84. The van der Waals surface area contributed by atoms with Crippen LogP contribution in [0.5, 0.6) is 0 Å². The Bertz CT molecular complexity index is 552. The SMILES string of the molecule is Nc1cccc2oc(NCC3CCCC3O)nc12. The molecule has 3 rings (SSSR count). The van der Waals surface area contributed by atoms with E-state index in [1.807, 2.05) is 12.1 Å². The van der Waals surface area contributed by atoms with Crippen LogP contribution in [0.4, 0.5) is 11.7 Å². The van der Waals surface area contributed by atoms with Crippen LogP contribution in [-0.2, 0) is 0 Å². The third-order valence-electron chi connectivity index (χ3n) is 3.58. The van der Waals surface area contributed by atoms with Gasteiger partial charge in [0.25, 0.3) is 6.01 Å². The van der Waals surface area contributed by atoms with Crippen molar-refractivity contribution in [3.63, 3.8) is 0 Å². The topological polar surface area (TPSA) is 84.3 Å². The Hall–Kier alpha value is -1.75. The minimum Gasteiger partial charge on any atom is -0.423 e. The van der Waals surface area contributed by atoms with E-state index in [0.29, 0.717) is 29.3 Å². The van der Waals surface area contributed by atoms with Crippen LogP contribution < -0.4 is 11.1 Å². The minimum absolute atomic E-state index is 0.202. The standard InChI is InChI=1S/C13H17N3O2/c14-9-4-2-6-11-12(9)16-13(18-11)15-7-8-3-1-5-10(8)17/h2,4,6,8,10,17H,1,3,5,7,14H2,(H,15,16). The summed E-state index contributed by atoms with van der Waals surface area (Å²) in [6.45, 7) is 0.688. The van der Waals surface area contributed by atoms with Crippen molar-refractivity contribution in [3.8, 4) is 0 Å². The molecule has 2 aromatic rings. The fourth-order valence-electron chi connectivity index (χ4n) is 2.52. The first kappa shape index (κ1) is 11.3. The van der Waals surface area contributed by atoms with Gasteiger partial charge in [0.1, 0.15) is 5.52 Å². The molecule has 1 heterocycles. The highest BCUT2D eigenvalue weighted by Crippen LogP contribution is 2.27. The van der Waals surface area contributed by atoms with Crippen molar-refractivity contribution in [1.82, 2.24) is 4.98 Å². The number of aliphatic hydroxyl groups is 1. The number of nitrogens with zero attached hydrogens (tertiary/aromatic N) is 1. The number of hydrogen-bond donors (Lipinski definition) is 3. The molecule has 18 heavy (non-hydrogen) atoms. The highest BCUT2D eigenvalue weighted by molar-refractivity contribution is 5.86. The first-order valence-corrected chi connectivity index (χ1v) is 6.31. The van der Waals surface area contributed by atoms with Crippen molar-refractivity contribution in [2.24, 2.45) is 5.92 Å². The van der Waals surface area contributed by atoms with Gasteiger partial charge in [0.15, 0.2) is 5.58 Å². The van der Waals surface area contributed by atoms with Crippen LogP contribution in [0.1, 0.15) is 19.3 Å². The van der Waals surface area contributed by atoms with Gasteiger partial charge in [0.05, 0.1) is 11.8 Å². The van der Waals surface area contributed by atoms with Gasteiger partial charge in [-0.05, 0) is 25.0 Å². The zero-order chi connectivity index (χ0) is 12.5. The number of hydrogen-bond acceptors (Lipinski definition) is 5. The number of benzene rings is 1. The van der Waals surface area contributed by atoms with Crippen molar-refractivity contribution in [3.05, 3.63) is 18.2 Å². The van der Waals surface area contributed by atoms with Crippen LogP contribution in [0, 0.1) is 5.92 Å². The number of rotatable bonds is 3. The van der Waals surface area contributed by atoms with Gasteiger partial charge in [-0.15, -0.1) is 0 Å². The molecule has 1 fully saturated rings. The lowest BCUT2D eigenvalue weighted by Crippen LogP contribution is -2.21. The third-order valence-corrected chi connectivity index (χ3v) is 3.58. The minimum atomic E-state index is -0.202. The van der Waals surface area contributed by atoms with Crippen LogP contribution in [0.25, 0.3) is 11.1 Å². The molecule has 1 aliphatic rings. The molecule has 0 radical (unpaired) electrons. The number of oxazole rings is 1. The lowest BCUT2D eigenvalue weighted by atomic mass is 10.1. The highest BCUT2D eigenvalue weighted by Gasteiger charge is 2.25. The lowest BCUT2D eigenvalue weighted by Gasteiger charge is -2.13. The van der Waals surface area contributed by atoms with E-state index in [-0.39, 0.29) is 12.0 Å². The molecular formula is C13H17N3O2. The second-order valence-corrected chi connectivity index (χ2v) is 4.85. The van der Waals surface area contributed by atoms with Crippen molar-refractivity contribution in [2.75, 3.05) is 17.6 Å². The van der Waals surface area contributed by atoms with Crippen LogP contribution in [0.15, 0.2) is 22.6 Å². The normalized spacial score (nSPS) is 23.6. The molecular weight excluding hydrogens is 230 g/mol. The van der Waals surface area contributed by atoms with Gasteiger partial charge in [-0.3, -0.25) is 0 Å². The van der Waals surface area contributed by atoms with Crippen LogP contribution in [0.2, 0.25) is 0 Å². The Morgan fingerprint density at radius 1 is 1.44 bits per heavy atom. The molecule has 96 valence electrons. The fourth-order valence-corrected chi connectivity index (χ4v) is 2.52. The third kappa shape index (κ3) is 2.01. The molecule has 0 bridgehead atoms. The van der Waals surface area contributed by atoms with Crippen LogP contribution in [-0.4, -0.2) is 22.7 Å². The monoisotopic (exact) mass is 247 g/mol. The van der Waals surface area contributed by atoms with Crippen molar-refractivity contribution in [1.29, 1.82) is 0 Å². The quantitative estimate of drug-likeness (QED) is 0.722. The molecule has 0 saturated heterocycles. The smallest absolute Gasteiger partial charge is 0.295 e. The maximum Gasteiger partial charge on any atom is 0.295 e. The van der Waals surface area contributed by atoms with Gasteiger partial charge in [0.2, 0.25) is 0 Å². The van der Waals surface area contributed by atoms with Crippen LogP contribution >= 0.6 is 0 Å². The zero-order valence-electron chi connectivity index (χ0n) is 10.1. The summed E-state index contributed by atoms with van der Waals surface area (Å²) >= 11 is 0. The molecule has 1 aromatic carbocycles. The Labute approximate surface area is 105 Å². The fraction of sp³-hybridized carbons (Fsp3) is 0.462. The number of fused-ring (bicyclic) bond motifs is 1. The van der Waals surface area contributed by atoms with Crippen molar-refractivity contribution < 1.29 is 9.52 Å². The molecule has 4 N–H and O–H groups in total. The molecule has 2 unspecified atom stereocenters. The van der Waals surface area contributed by atoms with Gasteiger partial charge in [-0.1, -0.05) is 12.5 Å². The molecule has 5 nitrogen and oxygen atoms in total. The number of para-hydroxylation sites is 1. The Kier molecular flexibility index (Phi) is 2.83. The average Bonchev–Trinajstić information content (AvgIpc) is 2.93. The second-order valence-electron chi connectivity index (χ2n) is 4.85. The Balaban J connectivity index is 1.73. The molecule has 1 aliphatic carbocycles. The Morgan fingerprint density at radius 2 is 2.33 bits per heavy atom. The first-order valence-electron chi connectivity index (χ1n) is 6.31. The molecule has 1 saturated carbocycles. The summed E-state index contributed by atoms with van der Waals surface area (Å²) in [5.74, 6) is 0.289. The molecule has 5 heteroatoms.